The van der Waals surface area contributed by atoms with Gasteiger partial charge in [0.05, 0.1) is 6.54 Å². The van der Waals surface area contributed by atoms with E-state index in [-0.39, 0.29) is 5.91 Å². The predicted octanol–water partition coefficient (Wildman–Crippen LogP) is 2.00. The highest BCUT2D eigenvalue weighted by Gasteiger charge is 2.19. The minimum Gasteiger partial charge on any atom is -0.355 e. The number of rotatable bonds is 10. The molecule has 0 aromatic heterocycles. The average Bonchev–Trinajstić information content (AvgIpc) is 2.88. The average molecular weight is 283 g/mol. The SMILES string of the molecule is CCCCN(CC(=O)NCCC(C)C)CC1CCCN1. The van der Waals surface area contributed by atoms with Crippen LogP contribution in [0.25, 0.3) is 0 Å². The van der Waals surface area contributed by atoms with E-state index in [0.29, 0.717) is 18.5 Å². The van der Waals surface area contributed by atoms with Gasteiger partial charge in [-0.15, -0.1) is 0 Å². The Morgan fingerprint density at radius 3 is 2.85 bits per heavy atom. The van der Waals surface area contributed by atoms with Crippen LogP contribution in [0.15, 0.2) is 0 Å². The van der Waals surface area contributed by atoms with Crippen molar-refractivity contribution in [3.05, 3.63) is 0 Å². The van der Waals surface area contributed by atoms with E-state index in [4.69, 9.17) is 0 Å². The third-order valence-electron chi connectivity index (χ3n) is 3.88. The number of hydrogen-bond donors (Lipinski definition) is 2. The molecule has 0 aliphatic carbocycles. The van der Waals surface area contributed by atoms with E-state index in [1.54, 1.807) is 0 Å². The third kappa shape index (κ3) is 7.85. The van der Waals surface area contributed by atoms with E-state index >= 15 is 0 Å². The zero-order chi connectivity index (χ0) is 14.8. The molecule has 4 heteroatoms. The summed E-state index contributed by atoms with van der Waals surface area (Å²) in [5, 5.41) is 6.57. The van der Waals surface area contributed by atoms with Crippen molar-refractivity contribution >= 4 is 5.91 Å². The summed E-state index contributed by atoms with van der Waals surface area (Å²) in [5.41, 5.74) is 0. The van der Waals surface area contributed by atoms with Crippen molar-refractivity contribution < 1.29 is 4.79 Å². The first-order valence-corrected chi connectivity index (χ1v) is 8.34. The Kier molecular flexibility index (Phi) is 8.86. The molecule has 0 spiro atoms. The van der Waals surface area contributed by atoms with E-state index in [9.17, 15) is 4.79 Å². The van der Waals surface area contributed by atoms with Gasteiger partial charge in [-0.25, -0.2) is 0 Å². The maximum absolute atomic E-state index is 12.0. The number of nitrogens with zero attached hydrogens (tertiary/aromatic N) is 1. The Hall–Kier alpha value is -0.610. The first kappa shape index (κ1) is 17.4. The van der Waals surface area contributed by atoms with Crippen LogP contribution in [0, 0.1) is 5.92 Å². The quantitative estimate of drug-likeness (QED) is 0.644. The fourth-order valence-corrected chi connectivity index (χ4v) is 2.60. The Balaban J connectivity index is 2.28. The zero-order valence-corrected chi connectivity index (χ0v) is 13.6. The monoisotopic (exact) mass is 283 g/mol. The standard InChI is InChI=1S/C16H33N3O/c1-4-5-11-19(12-15-7-6-9-17-15)13-16(20)18-10-8-14(2)3/h14-15,17H,4-13H2,1-3H3,(H,18,20). The summed E-state index contributed by atoms with van der Waals surface area (Å²) in [6.45, 7) is 11.1. The van der Waals surface area contributed by atoms with Gasteiger partial charge in [0.25, 0.3) is 0 Å². The van der Waals surface area contributed by atoms with Crippen LogP contribution in [0.5, 0.6) is 0 Å². The van der Waals surface area contributed by atoms with E-state index in [2.05, 4.69) is 36.3 Å². The molecule has 4 nitrogen and oxygen atoms in total. The minimum atomic E-state index is 0.180. The molecule has 1 saturated heterocycles. The normalized spacial score (nSPS) is 18.9. The van der Waals surface area contributed by atoms with Crippen molar-refractivity contribution in [2.75, 3.05) is 32.7 Å². The molecule has 0 aromatic carbocycles. The van der Waals surface area contributed by atoms with Crippen LogP contribution in [-0.4, -0.2) is 49.6 Å². The maximum Gasteiger partial charge on any atom is 0.234 e. The van der Waals surface area contributed by atoms with Gasteiger partial charge >= 0.3 is 0 Å². The summed E-state index contributed by atoms with van der Waals surface area (Å²) in [4.78, 5) is 14.3. The molecule has 1 fully saturated rings. The maximum atomic E-state index is 12.0. The summed E-state index contributed by atoms with van der Waals surface area (Å²) in [6.07, 6.45) is 5.94. The van der Waals surface area contributed by atoms with Gasteiger partial charge in [-0.1, -0.05) is 27.2 Å². The van der Waals surface area contributed by atoms with Crippen LogP contribution in [0.1, 0.15) is 52.9 Å². The van der Waals surface area contributed by atoms with Gasteiger partial charge in [0, 0.05) is 19.1 Å². The summed E-state index contributed by atoms with van der Waals surface area (Å²) in [7, 11) is 0. The number of carbonyl (C=O) groups excluding carboxylic acids is 1. The summed E-state index contributed by atoms with van der Waals surface area (Å²) < 4.78 is 0. The van der Waals surface area contributed by atoms with Gasteiger partial charge in [0.2, 0.25) is 5.91 Å². The first-order valence-electron chi connectivity index (χ1n) is 8.34. The van der Waals surface area contributed by atoms with Crippen LogP contribution < -0.4 is 10.6 Å². The molecule has 1 aliphatic rings. The topological polar surface area (TPSA) is 44.4 Å². The zero-order valence-electron chi connectivity index (χ0n) is 13.6. The molecular weight excluding hydrogens is 250 g/mol. The van der Waals surface area contributed by atoms with Crippen molar-refractivity contribution in [1.82, 2.24) is 15.5 Å². The van der Waals surface area contributed by atoms with Crippen molar-refractivity contribution in [1.29, 1.82) is 0 Å². The second-order valence-electron chi connectivity index (χ2n) is 6.41. The third-order valence-corrected chi connectivity index (χ3v) is 3.88. The van der Waals surface area contributed by atoms with Gasteiger partial charge < -0.3 is 10.6 Å². The van der Waals surface area contributed by atoms with Crippen molar-refractivity contribution in [3.63, 3.8) is 0 Å². The minimum absolute atomic E-state index is 0.180. The first-order chi connectivity index (χ1) is 9.61. The fraction of sp³-hybridized carbons (Fsp3) is 0.938. The van der Waals surface area contributed by atoms with E-state index in [1.165, 1.54) is 25.7 Å². The second kappa shape index (κ2) is 10.2. The van der Waals surface area contributed by atoms with Crippen LogP contribution in [0.3, 0.4) is 0 Å². The van der Waals surface area contributed by atoms with Gasteiger partial charge in [-0.3, -0.25) is 9.69 Å². The Morgan fingerprint density at radius 2 is 2.25 bits per heavy atom. The number of nitrogens with one attached hydrogen (secondary N) is 2. The molecule has 1 heterocycles. The number of hydrogen-bond acceptors (Lipinski definition) is 3. The van der Waals surface area contributed by atoms with Gasteiger partial charge in [0.1, 0.15) is 0 Å². The van der Waals surface area contributed by atoms with Gasteiger partial charge in [-0.05, 0) is 44.7 Å². The summed E-state index contributed by atoms with van der Waals surface area (Å²) in [5.74, 6) is 0.828. The fourth-order valence-electron chi connectivity index (χ4n) is 2.60. The predicted molar refractivity (Wildman–Crippen MR) is 84.8 cm³/mol. The van der Waals surface area contributed by atoms with Gasteiger partial charge in [0.15, 0.2) is 0 Å². The summed E-state index contributed by atoms with van der Waals surface area (Å²) >= 11 is 0. The highest BCUT2D eigenvalue weighted by Crippen LogP contribution is 2.07. The summed E-state index contributed by atoms with van der Waals surface area (Å²) in [6, 6.07) is 0.579. The van der Waals surface area contributed by atoms with E-state index < -0.39 is 0 Å². The molecule has 20 heavy (non-hydrogen) atoms. The van der Waals surface area contributed by atoms with Crippen LogP contribution in [0.2, 0.25) is 0 Å². The Bertz CT molecular complexity index is 262. The lowest BCUT2D eigenvalue weighted by molar-refractivity contribution is -0.122. The highest BCUT2D eigenvalue weighted by atomic mass is 16.2. The lowest BCUT2D eigenvalue weighted by Crippen LogP contribution is -2.43. The van der Waals surface area contributed by atoms with Crippen LogP contribution in [-0.2, 0) is 4.79 Å². The van der Waals surface area contributed by atoms with Crippen LogP contribution >= 0.6 is 0 Å². The highest BCUT2D eigenvalue weighted by molar-refractivity contribution is 5.77. The largest absolute Gasteiger partial charge is 0.355 e. The lowest BCUT2D eigenvalue weighted by Gasteiger charge is -2.25. The van der Waals surface area contributed by atoms with Crippen molar-refractivity contribution in [3.8, 4) is 0 Å². The molecular formula is C16H33N3O. The van der Waals surface area contributed by atoms with Crippen molar-refractivity contribution in [2.24, 2.45) is 5.92 Å². The molecule has 0 saturated carbocycles. The van der Waals surface area contributed by atoms with E-state index in [0.717, 1.165) is 32.6 Å². The molecule has 1 atom stereocenters. The van der Waals surface area contributed by atoms with Crippen molar-refractivity contribution in [2.45, 2.75) is 58.9 Å². The molecule has 0 aromatic rings. The number of amides is 1. The Morgan fingerprint density at radius 1 is 1.45 bits per heavy atom. The molecule has 0 radical (unpaired) electrons. The molecule has 118 valence electrons. The smallest absolute Gasteiger partial charge is 0.234 e. The molecule has 1 amide bonds. The number of carbonyl (C=O) groups is 1. The molecule has 1 unspecified atom stereocenters. The Labute approximate surface area is 124 Å². The van der Waals surface area contributed by atoms with Gasteiger partial charge in [-0.2, -0.15) is 0 Å². The molecule has 1 aliphatic heterocycles. The second-order valence-corrected chi connectivity index (χ2v) is 6.41. The van der Waals surface area contributed by atoms with E-state index in [1.807, 2.05) is 0 Å². The molecule has 0 bridgehead atoms. The van der Waals surface area contributed by atoms with Crippen LogP contribution in [0.4, 0.5) is 0 Å². The lowest BCUT2D eigenvalue weighted by atomic mass is 10.1. The molecule has 1 rings (SSSR count). The molecule has 2 N–H and O–H groups in total. The number of unbranched alkanes of at least 4 members (excludes halogenated alkanes) is 1.